The van der Waals surface area contributed by atoms with Crippen LogP contribution in [0.2, 0.25) is 0 Å². The third-order valence-electron chi connectivity index (χ3n) is 3.63. The highest BCUT2D eigenvalue weighted by Crippen LogP contribution is 2.23. The number of carbonyl (C=O) groups is 1. The number of nitrogens with one attached hydrogen (secondary N) is 1. The van der Waals surface area contributed by atoms with E-state index in [1.165, 1.54) is 14.2 Å². The summed E-state index contributed by atoms with van der Waals surface area (Å²) in [6.45, 7) is 9.02. The number of methoxy groups -OCH3 is 2. The second-order valence-electron chi connectivity index (χ2n) is 5.19. The molecule has 1 unspecified atom stereocenters. The van der Waals surface area contributed by atoms with Gasteiger partial charge in [-0.3, -0.25) is 4.79 Å². The van der Waals surface area contributed by atoms with E-state index in [0.29, 0.717) is 18.7 Å². The highest BCUT2D eigenvalue weighted by Gasteiger charge is 2.33. The topological polar surface area (TPSA) is 80.7 Å². The minimum Gasteiger partial charge on any atom is -0.481 e. The first-order valence-corrected chi connectivity index (χ1v) is 7.26. The molecule has 1 heterocycles. The van der Waals surface area contributed by atoms with E-state index in [0.717, 1.165) is 0 Å². The van der Waals surface area contributed by atoms with Gasteiger partial charge in [-0.2, -0.15) is 4.98 Å². The molecule has 0 saturated heterocycles. The van der Waals surface area contributed by atoms with Gasteiger partial charge < -0.3 is 19.9 Å². The Bertz CT molecular complexity index is 562. The van der Waals surface area contributed by atoms with Crippen molar-refractivity contribution >= 4 is 5.91 Å². The number of nitrogens with zero attached hydrogens (tertiary/aromatic N) is 1. The van der Waals surface area contributed by atoms with Crippen molar-refractivity contribution in [2.75, 3.05) is 14.2 Å². The largest absolute Gasteiger partial charge is 0.481 e. The zero-order chi connectivity index (χ0) is 17.5. The standard InChI is InChI=1S/C17H24N2O4/c1-6-10-17(21,11-7-2)12(3)18-15(20)13-8-9-14(22-4)19-16(13)23-5/h6-9,12,21H,1-2,10-11H2,3-5H3,(H,18,20). The van der Waals surface area contributed by atoms with Crippen LogP contribution < -0.4 is 14.8 Å². The van der Waals surface area contributed by atoms with Crippen molar-refractivity contribution in [1.29, 1.82) is 0 Å². The second kappa shape index (κ2) is 8.33. The fraction of sp³-hybridized carbons (Fsp3) is 0.412. The molecule has 23 heavy (non-hydrogen) atoms. The van der Waals surface area contributed by atoms with Gasteiger partial charge in [-0.05, 0) is 25.8 Å². The van der Waals surface area contributed by atoms with E-state index in [4.69, 9.17) is 9.47 Å². The summed E-state index contributed by atoms with van der Waals surface area (Å²) in [5.41, 5.74) is -0.883. The molecule has 6 nitrogen and oxygen atoms in total. The Morgan fingerprint density at radius 3 is 2.43 bits per heavy atom. The lowest BCUT2D eigenvalue weighted by Crippen LogP contribution is -2.50. The number of ether oxygens (including phenoxy) is 2. The number of rotatable bonds is 9. The molecule has 2 N–H and O–H groups in total. The van der Waals surface area contributed by atoms with Crippen LogP contribution in [-0.4, -0.2) is 41.9 Å². The lowest BCUT2D eigenvalue weighted by molar-refractivity contribution is 0.0127. The normalized spacial score (nSPS) is 12.2. The van der Waals surface area contributed by atoms with Crippen LogP contribution in [0.4, 0.5) is 0 Å². The SMILES string of the molecule is C=CCC(O)(CC=C)C(C)NC(=O)c1ccc(OC)nc1OC. The third kappa shape index (κ3) is 4.56. The number of pyridine rings is 1. The Kier molecular flexibility index (Phi) is 6.78. The predicted octanol–water partition coefficient (Wildman–Crippen LogP) is 2.10. The first kappa shape index (κ1) is 18.7. The van der Waals surface area contributed by atoms with Crippen LogP contribution in [0.25, 0.3) is 0 Å². The quantitative estimate of drug-likeness (QED) is 0.681. The van der Waals surface area contributed by atoms with Gasteiger partial charge in [0.1, 0.15) is 5.56 Å². The summed E-state index contributed by atoms with van der Waals surface area (Å²) in [6.07, 6.45) is 3.89. The van der Waals surface area contributed by atoms with E-state index in [2.05, 4.69) is 23.5 Å². The van der Waals surface area contributed by atoms with E-state index in [1.54, 1.807) is 31.2 Å². The van der Waals surface area contributed by atoms with Crippen LogP contribution in [0.1, 0.15) is 30.1 Å². The molecule has 1 rings (SSSR count). The molecule has 0 fully saturated rings. The number of hydrogen-bond donors (Lipinski definition) is 2. The van der Waals surface area contributed by atoms with Gasteiger partial charge in [0.15, 0.2) is 0 Å². The van der Waals surface area contributed by atoms with E-state index < -0.39 is 17.6 Å². The summed E-state index contributed by atoms with van der Waals surface area (Å²) >= 11 is 0. The summed E-state index contributed by atoms with van der Waals surface area (Å²) in [5, 5.41) is 13.4. The smallest absolute Gasteiger partial charge is 0.257 e. The van der Waals surface area contributed by atoms with Crippen molar-refractivity contribution in [3.05, 3.63) is 43.0 Å². The van der Waals surface area contributed by atoms with Gasteiger partial charge in [-0.25, -0.2) is 0 Å². The maximum atomic E-state index is 12.5. The number of carbonyl (C=O) groups excluding carboxylic acids is 1. The van der Waals surface area contributed by atoms with Gasteiger partial charge in [0, 0.05) is 6.07 Å². The molecule has 0 aromatic carbocycles. The first-order chi connectivity index (χ1) is 10.9. The van der Waals surface area contributed by atoms with Crippen molar-refractivity contribution in [3.8, 4) is 11.8 Å². The number of aromatic nitrogens is 1. The van der Waals surface area contributed by atoms with Crippen LogP contribution >= 0.6 is 0 Å². The summed E-state index contributed by atoms with van der Waals surface area (Å²) in [7, 11) is 2.90. The van der Waals surface area contributed by atoms with Crippen LogP contribution in [0, 0.1) is 0 Å². The maximum Gasteiger partial charge on any atom is 0.257 e. The Labute approximate surface area is 136 Å². The molecular weight excluding hydrogens is 296 g/mol. The van der Waals surface area contributed by atoms with Crippen molar-refractivity contribution in [1.82, 2.24) is 10.3 Å². The van der Waals surface area contributed by atoms with Crippen molar-refractivity contribution in [2.45, 2.75) is 31.4 Å². The lowest BCUT2D eigenvalue weighted by atomic mass is 9.88. The molecule has 1 aromatic heterocycles. The molecule has 1 aromatic rings. The summed E-state index contributed by atoms with van der Waals surface area (Å²) in [4.78, 5) is 16.5. The molecule has 0 saturated carbocycles. The van der Waals surface area contributed by atoms with Crippen LogP contribution in [0.5, 0.6) is 11.8 Å². The summed E-state index contributed by atoms with van der Waals surface area (Å²) in [6, 6.07) is 2.62. The van der Waals surface area contributed by atoms with E-state index in [9.17, 15) is 9.90 Å². The maximum absolute atomic E-state index is 12.5. The Morgan fingerprint density at radius 1 is 1.35 bits per heavy atom. The average molecular weight is 320 g/mol. The number of amides is 1. The minimum absolute atomic E-state index is 0.157. The lowest BCUT2D eigenvalue weighted by Gasteiger charge is -2.33. The number of aliphatic hydroxyl groups is 1. The third-order valence-corrected chi connectivity index (χ3v) is 3.63. The summed E-state index contributed by atoms with van der Waals surface area (Å²) < 4.78 is 10.1. The van der Waals surface area contributed by atoms with Gasteiger partial charge in [0.25, 0.3) is 5.91 Å². The van der Waals surface area contributed by atoms with Gasteiger partial charge in [-0.15, -0.1) is 13.2 Å². The molecule has 0 radical (unpaired) electrons. The zero-order valence-corrected chi connectivity index (χ0v) is 13.8. The highest BCUT2D eigenvalue weighted by atomic mass is 16.5. The molecular formula is C17H24N2O4. The fourth-order valence-electron chi connectivity index (χ4n) is 2.21. The molecule has 0 aliphatic rings. The Balaban J connectivity index is 2.97. The second-order valence-corrected chi connectivity index (χ2v) is 5.19. The van der Waals surface area contributed by atoms with Crippen LogP contribution in [0.15, 0.2) is 37.4 Å². The van der Waals surface area contributed by atoms with Gasteiger partial charge in [-0.1, -0.05) is 12.2 Å². The van der Waals surface area contributed by atoms with Crippen molar-refractivity contribution < 1.29 is 19.4 Å². The zero-order valence-electron chi connectivity index (χ0n) is 13.8. The van der Waals surface area contributed by atoms with Crippen LogP contribution in [0.3, 0.4) is 0 Å². The van der Waals surface area contributed by atoms with Gasteiger partial charge >= 0.3 is 0 Å². The molecule has 0 spiro atoms. The minimum atomic E-state index is -1.15. The number of hydrogen-bond acceptors (Lipinski definition) is 5. The molecule has 0 aliphatic carbocycles. The molecule has 6 heteroatoms. The Morgan fingerprint density at radius 2 is 1.96 bits per heavy atom. The van der Waals surface area contributed by atoms with Gasteiger partial charge in [0.05, 0.1) is 25.9 Å². The van der Waals surface area contributed by atoms with Crippen molar-refractivity contribution in [3.63, 3.8) is 0 Å². The Hall–Kier alpha value is -2.34. The predicted molar refractivity (Wildman–Crippen MR) is 88.8 cm³/mol. The highest BCUT2D eigenvalue weighted by molar-refractivity contribution is 5.96. The average Bonchev–Trinajstić information content (AvgIpc) is 2.54. The van der Waals surface area contributed by atoms with E-state index in [-0.39, 0.29) is 11.4 Å². The molecule has 0 aliphatic heterocycles. The van der Waals surface area contributed by atoms with E-state index in [1.807, 2.05) is 0 Å². The monoisotopic (exact) mass is 320 g/mol. The van der Waals surface area contributed by atoms with E-state index >= 15 is 0 Å². The first-order valence-electron chi connectivity index (χ1n) is 7.26. The fourth-order valence-corrected chi connectivity index (χ4v) is 2.21. The molecule has 126 valence electrons. The van der Waals surface area contributed by atoms with Crippen molar-refractivity contribution in [2.24, 2.45) is 0 Å². The summed E-state index contributed by atoms with van der Waals surface area (Å²) in [5.74, 6) is 0.113. The van der Waals surface area contributed by atoms with Gasteiger partial charge in [0.2, 0.25) is 11.8 Å². The molecule has 0 bridgehead atoms. The molecule has 1 amide bonds. The van der Waals surface area contributed by atoms with Crippen LogP contribution in [-0.2, 0) is 0 Å². The molecule has 1 atom stereocenters.